The van der Waals surface area contributed by atoms with Crippen LogP contribution < -0.4 is 11.1 Å². The molecular weight excluding hydrogens is 154 g/mol. The zero-order valence-electron chi connectivity index (χ0n) is 7.97. The third-order valence-electron chi connectivity index (χ3n) is 1.71. The second-order valence-electron chi connectivity index (χ2n) is 2.55. The number of rotatable bonds is 5. The first-order valence-corrected chi connectivity index (χ1v) is 4.49. The van der Waals surface area contributed by atoms with Crippen LogP contribution in [0.4, 0.5) is 4.79 Å². The highest BCUT2D eigenvalue weighted by molar-refractivity contribution is 5.73. The third kappa shape index (κ3) is 4.18. The van der Waals surface area contributed by atoms with E-state index in [0.717, 1.165) is 19.5 Å². The van der Waals surface area contributed by atoms with Gasteiger partial charge in [0.05, 0.1) is 0 Å². The predicted molar refractivity (Wildman–Crippen MR) is 50.0 cm³/mol. The molecule has 0 spiro atoms. The summed E-state index contributed by atoms with van der Waals surface area (Å²) in [6, 6.07) is 0.00782. The smallest absolute Gasteiger partial charge is 0.317 e. The van der Waals surface area contributed by atoms with Gasteiger partial charge in [-0.15, -0.1) is 0 Å². The molecule has 0 aromatic carbocycles. The summed E-state index contributed by atoms with van der Waals surface area (Å²) in [5.74, 6) is 0. The van der Waals surface area contributed by atoms with Crippen LogP contribution in [-0.2, 0) is 0 Å². The van der Waals surface area contributed by atoms with Gasteiger partial charge in [0.1, 0.15) is 0 Å². The van der Waals surface area contributed by atoms with Gasteiger partial charge in [-0.05, 0) is 26.8 Å². The van der Waals surface area contributed by atoms with Crippen molar-refractivity contribution in [1.29, 1.82) is 0 Å². The lowest BCUT2D eigenvalue weighted by Gasteiger charge is -2.18. The molecule has 0 unspecified atom stereocenters. The third-order valence-corrected chi connectivity index (χ3v) is 1.71. The summed E-state index contributed by atoms with van der Waals surface area (Å²) < 4.78 is 0. The van der Waals surface area contributed by atoms with Gasteiger partial charge in [-0.25, -0.2) is 4.79 Å². The lowest BCUT2D eigenvalue weighted by atomic mass is 10.4. The molecule has 0 heterocycles. The summed E-state index contributed by atoms with van der Waals surface area (Å²) in [6.07, 6.45) is 0.840. The van der Waals surface area contributed by atoms with Crippen LogP contribution in [0.2, 0.25) is 0 Å². The maximum absolute atomic E-state index is 11.3. The fourth-order valence-corrected chi connectivity index (χ4v) is 0.920. The number of carbonyl (C=O) groups is 1. The van der Waals surface area contributed by atoms with E-state index in [2.05, 4.69) is 5.32 Å². The van der Waals surface area contributed by atoms with E-state index in [1.54, 1.807) is 4.90 Å². The topological polar surface area (TPSA) is 58.4 Å². The molecule has 72 valence electrons. The lowest BCUT2D eigenvalue weighted by Crippen LogP contribution is -2.40. The molecule has 0 aromatic heterocycles. The van der Waals surface area contributed by atoms with Crippen molar-refractivity contribution in [3.63, 3.8) is 0 Å². The molecule has 0 radical (unpaired) electrons. The predicted octanol–water partition coefficient (Wildman–Crippen LogP) is 0.387. The van der Waals surface area contributed by atoms with Gasteiger partial charge in [-0.2, -0.15) is 0 Å². The van der Waals surface area contributed by atoms with E-state index in [-0.39, 0.29) is 6.03 Å². The van der Waals surface area contributed by atoms with Gasteiger partial charge >= 0.3 is 6.03 Å². The molecule has 4 heteroatoms. The number of nitrogens with zero attached hydrogens (tertiary/aromatic N) is 1. The molecule has 0 aliphatic rings. The van der Waals surface area contributed by atoms with E-state index in [1.165, 1.54) is 0 Å². The molecule has 0 atom stereocenters. The zero-order valence-corrected chi connectivity index (χ0v) is 7.97. The summed E-state index contributed by atoms with van der Waals surface area (Å²) in [5, 5.41) is 2.79. The van der Waals surface area contributed by atoms with Crippen LogP contribution in [-0.4, -0.2) is 37.1 Å². The monoisotopic (exact) mass is 173 g/mol. The van der Waals surface area contributed by atoms with Crippen molar-refractivity contribution in [1.82, 2.24) is 10.2 Å². The first-order valence-electron chi connectivity index (χ1n) is 4.49. The summed E-state index contributed by atoms with van der Waals surface area (Å²) in [5.41, 5.74) is 5.29. The fraction of sp³-hybridized carbons (Fsp3) is 0.875. The van der Waals surface area contributed by atoms with Crippen LogP contribution in [0, 0.1) is 0 Å². The molecule has 12 heavy (non-hydrogen) atoms. The minimum Gasteiger partial charge on any atom is -0.338 e. The summed E-state index contributed by atoms with van der Waals surface area (Å²) in [7, 11) is 0. The Kier molecular flexibility index (Phi) is 6.47. The Morgan fingerprint density at radius 3 is 2.42 bits per heavy atom. The molecule has 0 saturated heterocycles. The first kappa shape index (κ1) is 11.2. The molecular formula is C8H19N3O. The van der Waals surface area contributed by atoms with Crippen molar-refractivity contribution in [2.45, 2.75) is 20.3 Å². The van der Waals surface area contributed by atoms with Crippen LogP contribution in [0.5, 0.6) is 0 Å². The molecule has 0 saturated carbocycles. The van der Waals surface area contributed by atoms with Gasteiger partial charge in [0.15, 0.2) is 0 Å². The quantitative estimate of drug-likeness (QED) is 0.591. The summed E-state index contributed by atoms with van der Waals surface area (Å²) in [6.45, 7) is 6.73. The highest BCUT2D eigenvalue weighted by Crippen LogP contribution is 1.87. The second-order valence-corrected chi connectivity index (χ2v) is 2.55. The normalized spacial score (nSPS) is 9.58. The standard InChI is InChI=1S/C8H19N3O/c1-3-11(4-2)8(12)10-7-5-6-9/h3-7,9H2,1-2H3,(H,10,12). The van der Waals surface area contributed by atoms with Crippen molar-refractivity contribution in [3.8, 4) is 0 Å². The SMILES string of the molecule is CCN(CC)C(=O)NCCCN. The van der Waals surface area contributed by atoms with E-state index >= 15 is 0 Å². The number of amides is 2. The first-order chi connectivity index (χ1) is 5.76. The van der Waals surface area contributed by atoms with Gasteiger partial charge in [-0.1, -0.05) is 0 Å². The van der Waals surface area contributed by atoms with E-state index in [4.69, 9.17) is 5.73 Å². The van der Waals surface area contributed by atoms with Crippen molar-refractivity contribution in [2.24, 2.45) is 5.73 Å². The van der Waals surface area contributed by atoms with Crippen molar-refractivity contribution >= 4 is 6.03 Å². The van der Waals surface area contributed by atoms with Crippen LogP contribution in [0.3, 0.4) is 0 Å². The second kappa shape index (κ2) is 6.91. The lowest BCUT2D eigenvalue weighted by molar-refractivity contribution is 0.203. The molecule has 4 nitrogen and oxygen atoms in total. The highest BCUT2D eigenvalue weighted by Gasteiger charge is 2.06. The van der Waals surface area contributed by atoms with E-state index in [1.807, 2.05) is 13.8 Å². The average Bonchev–Trinajstić information content (AvgIpc) is 2.07. The van der Waals surface area contributed by atoms with Gasteiger partial charge in [-0.3, -0.25) is 0 Å². The van der Waals surface area contributed by atoms with Crippen LogP contribution in [0.25, 0.3) is 0 Å². The number of nitrogens with one attached hydrogen (secondary N) is 1. The Labute approximate surface area is 74.1 Å². The van der Waals surface area contributed by atoms with Crippen molar-refractivity contribution in [3.05, 3.63) is 0 Å². The molecule has 2 amide bonds. The van der Waals surface area contributed by atoms with Gasteiger partial charge < -0.3 is 16.0 Å². The maximum atomic E-state index is 11.3. The highest BCUT2D eigenvalue weighted by atomic mass is 16.2. The Bertz CT molecular complexity index is 123. The number of urea groups is 1. The minimum atomic E-state index is 0.00782. The molecule has 0 aromatic rings. The molecule has 0 aliphatic carbocycles. The molecule has 0 fully saturated rings. The molecule has 0 aliphatic heterocycles. The van der Waals surface area contributed by atoms with Crippen LogP contribution in [0.15, 0.2) is 0 Å². The Morgan fingerprint density at radius 1 is 1.42 bits per heavy atom. The zero-order chi connectivity index (χ0) is 9.40. The Morgan fingerprint density at radius 2 is 2.00 bits per heavy atom. The Balaban J connectivity index is 3.54. The number of carbonyl (C=O) groups excluding carboxylic acids is 1. The van der Waals surface area contributed by atoms with Gasteiger partial charge in [0, 0.05) is 19.6 Å². The van der Waals surface area contributed by atoms with Gasteiger partial charge in [0.25, 0.3) is 0 Å². The van der Waals surface area contributed by atoms with Crippen molar-refractivity contribution in [2.75, 3.05) is 26.2 Å². The van der Waals surface area contributed by atoms with Crippen LogP contribution in [0.1, 0.15) is 20.3 Å². The summed E-state index contributed by atoms with van der Waals surface area (Å²) in [4.78, 5) is 13.0. The fourth-order valence-electron chi connectivity index (χ4n) is 0.920. The largest absolute Gasteiger partial charge is 0.338 e. The number of hydrogen-bond acceptors (Lipinski definition) is 2. The van der Waals surface area contributed by atoms with Gasteiger partial charge in [0.2, 0.25) is 0 Å². The number of nitrogens with two attached hydrogens (primary N) is 1. The maximum Gasteiger partial charge on any atom is 0.317 e. The van der Waals surface area contributed by atoms with Crippen molar-refractivity contribution < 1.29 is 4.79 Å². The van der Waals surface area contributed by atoms with E-state index in [0.29, 0.717) is 13.1 Å². The molecule has 0 bridgehead atoms. The van der Waals surface area contributed by atoms with E-state index < -0.39 is 0 Å². The summed E-state index contributed by atoms with van der Waals surface area (Å²) >= 11 is 0. The Hall–Kier alpha value is -0.770. The van der Waals surface area contributed by atoms with Crippen LogP contribution >= 0.6 is 0 Å². The molecule has 3 N–H and O–H groups in total. The molecule has 0 rings (SSSR count). The number of hydrogen-bond donors (Lipinski definition) is 2. The van der Waals surface area contributed by atoms with E-state index in [9.17, 15) is 4.79 Å². The average molecular weight is 173 g/mol. The minimum absolute atomic E-state index is 0.00782.